The number of ether oxygens (including phenoxy) is 1. The maximum absolute atomic E-state index is 13.9. The van der Waals surface area contributed by atoms with Crippen LogP contribution in [0.3, 0.4) is 0 Å². The van der Waals surface area contributed by atoms with E-state index in [4.69, 9.17) is 4.74 Å². The molecular weight excluding hydrogens is 506 g/mol. The highest BCUT2D eigenvalue weighted by Gasteiger charge is 2.42. The minimum Gasteiger partial charge on any atom is -0.489 e. The SMILES string of the molecule is CCc1cc(COc2cc3c(cc2C)C(=O)N2c4ccccc4C[C@H]2C(C)N3C)cc(N(C)C(=O)CSC)c1. The van der Waals surface area contributed by atoms with Gasteiger partial charge < -0.3 is 19.4 Å². The second kappa shape index (κ2) is 11.0. The van der Waals surface area contributed by atoms with E-state index in [2.05, 4.69) is 50.1 Å². The fourth-order valence-electron chi connectivity index (χ4n) is 5.71. The van der Waals surface area contributed by atoms with Crippen molar-refractivity contribution in [3.8, 4) is 5.75 Å². The lowest BCUT2D eigenvalue weighted by Gasteiger charge is -2.32. The van der Waals surface area contributed by atoms with Crippen LogP contribution >= 0.6 is 11.8 Å². The molecule has 1 unspecified atom stereocenters. The van der Waals surface area contributed by atoms with Crippen LogP contribution in [0.15, 0.2) is 54.6 Å². The highest BCUT2D eigenvalue weighted by Crippen LogP contribution is 2.42. The Hall–Kier alpha value is -3.45. The maximum Gasteiger partial charge on any atom is 0.260 e. The van der Waals surface area contributed by atoms with Crippen LogP contribution < -0.4 is 19.4 Å². The molecular formula is C32H37N3O3S. The van der Waals surface area contributed by atoms with Crippen LogP contribution in [-0.4, -0.2) is 50.0 Å². The summed E-state index contributed by atoms with van der Waals surface area (Å²) in [6.45, 7) is 6.68. The Bertz CT molecular complexity index is 1420. The van der Waals surface area contributed by atoms with Crippen LogP contribution in [-0.2, 0) is 24.2 Å². The first-order chi connectivity index (χ1) is 18.7. The third kappa shape index (κ3) is 5.00. The molecule has 5 rings (SSSR count). The molecule has 0 bridgehead atoms. The number of nitrogens with zero attached hydrogens (tertiary/aromatic N) is 3. The zero-order valence-electron chi connectivity index (χ0n) is 23.7. The summed E-state index contributed by atoms with van der Waals surface area (Å²) in [6, 6.07) is 18.7. The zero-order chi connectivity index (χ0) is 27.8. The molecule has 0 N–H and O–H groups in total. The number of amides is 2. The predicted molar refractivity (Wildman–Crippen MR) is 162 cm³/mol. The summed E-state index contributed by atoms with van der Waals surface area (Å²) in [5.41, 5.74) is 7.82. The van der Waals surface area contributed by atoms with Gasteiger partial charge in [0, 0.05) is 37.6 Å². The number of anilines is 3. The first-order valence-corrected chi connectivity index (χ1v) is 14.9. The maximum atomic E-state index is 13.9. The molecule has 0 aliphatic carbocycles. The molecule has 0 spiro atoms. The van der Waals surface area contributed by atoms with Gasteiger partial charge in [0.2, 0.25) is 5.91 Å². The van der Waals surface area contributed by atoms with Crippen molar-refractivity contribution in [2.24, 2.45) is 0 Å². The Labute approximate surface area is 235 Å². The number of para-hydroxylation sites is 1. The lowest BCUT2D eigenvalue weighted by molar-refractivity contribution is -0.115. The minimum absolute atomic E-state index is 0.0454. The van der Waals surface area contributed by atoms with Crippen molar-refractivity contribution in [3.63, 3.8) is 0 Å². The summed E-state index contributed by atoms with van der Waals surface area (Å²) >= 11 is 1.52. The summed E-state index contributed by atoms with van der Waals surface area (Å²) in [6.07, 6.45) is 3.66. The monoisotopic (exact) mass is 543 g/mol. The normalized spacial score (nSPS) is 17.8. The molecule has 0 saturated heterocycles. The molecule has 2 aliphatic rings. The standard InChI is InChI=1S/C32H37N3O3S/c1-7-22-13-23(15-25(14-22)34(5)31(36)19-39-6)18-38-30-17-29-26(12-20(30)2)32(37)35-27-11-9-8-10-24(27)16-28(35)21(3)33(29)4/h8-15,17,21,28H,7,16,18-19H2,1-6H3/t21?,28-/m0/s1. The van der Waals surface area contributed by atoms with E-state index in [0.29, 0.717) is 17.9 Å². The molecule has 2 heterocycles. The molecule has 0 fully saturated rings. The van der Waals surface area contributed by atoms with E-state index in [1.807, 2.05) is 55.5 Å². The van der Waals surface area contributed by atoms with Crippen LogP contribution in [0.25, 0.3) is 0 Å². The first kappa shape index (κ1) is 27.1. The first-order valence-electron chi connectivity index (χ1n) is 13.5. The fourth-order valence-corrected chi connectivity index (χ4v) is 6.15. The smallest absolute Gasteiger partial charge is 0.260 e. The van der Waals surface area contributed by atoms with Crippen LogP contribution in [0.5, 0.6) is 5.75 Å². The average molecular weight is 544 g/mol. The van der Waals surface area contributed by atoms with E-state index in [0.717, 1.165) is 52.3 Å². The Morgan fingerprint density at radius 2 is 1.85 bits per heavy atom. The largest absolute Gasteiger partial charge is 0.489 e. The Morgan fingerprint density at radius 3 is 2.59 bits per heavy atom. The van der Waals surface area contributed by atoms with Crippen molar-refractivity contribution >= 4 is 40.6 Å². The van der Waals surface area contributed by atoms with Crippen LogP contribution in [0.1, 0.15) is 46.5 Å². The molecule has 0 aromatic heterocycles. The predicted octanol–water partition coefficient (Wildman–Crippen LogP) is 5.87. The Kier molecular flexibility index (Phi) is 7.63. The number of hydrogen-bond acceptors (Lipinski definition) is 5. The van der Waals surface area contributed by atoms with Crippen molar-refractivity contribution in [1.82, 2.24) is 0 Å². The van der Waals surface area contributed by atoms with Gasteiger partial charge in [0.1, 0.15) is 12.4 Å². The summed E-state index contributed by atoms with van der Waals surface area (Å²) in [7, 11) is 3.90. The van der Waals surface area contributed by atoms with Crippen LogP contribution in [0, 0.1) is 6.92 Å². The quantitative estimate of drug-likeness (QED) is 0.373. The Balaban J connectivity index is 1.44. The number of benzene rings is 3. The van der Waals surface area contributed by atoms with Crippen LogP contribution in [0.4, 0.5) is 17.1 Å². The number of carbonyl (C=O) groups excluding carboxylic acids is 2. The summed E-state index contributed by atoms with van der Waals surface area (Å²) < 4.78 is 6.38. The van der Waals surface area contributed by atoms with Crippen molar-refractivity contribution in [2.75, 3.05) is 40.8 Å². The van der Waals surface area contributed by atoms with Gasteiger partial charge in [-0.25, -0.2) is 0 Å². The van der Waals surface area contributed by atoms with E-state index in [9.17, 15) is 9.59 Å². The van der Waals surface area contributed by atoms with Gasteiger partial charge in [-0.15, -0.1) is 0 Å². The van der Waals surface area contributed by atoms with Crippen molar-refractivity contribution in [3.05, 3.63) is 82.4 Å². The minimum atomic E-state index is 0.0454. The van der Waals surface area contributed by atoms with E-state index >= 15 is 0 Å². The highest BCUT2D eigenvalue weighted by molar-refractivity contribution is 7.99. The van der Waals surface area contributed by atoms with Crippen molar-refractivity contribution in [1.29, 1.82) is 0 Å². The Morgan fingerprint density at radius 1 is 1.10 bits per heavy atom. The molecule has 2 amide bonds. The fraction of sp³-hybridized carbons (Fsp3) is 0.375. The third-order valence-corrected chi connectivity index (χ3v) is 8.71. The molecule has 204 valence electrons. The lowest BCUT2D eigenvalue weighted by Crippen LogP contribution is -2.47. The number of likely N-dealkylation sites (N-methyl/N-ethyl adjacent to an activating group) is 1. The van der Waals surface area contributed by atoms with E-state index in [1.165, 1.54) is 17.3 Å². The second-order valence-corrected chi connectivity index (χ2v) is 11.5. The van der Waals surface area contributed by atoms with Gasteiger partial charge in [0.25, 0.3) is 5.91 Å². The van der Waals surface area contributed by atoms with E-state index in [1.54, 1.807) is 4.90 Å². The number of fused-ring (bicyclic) bond motifs is 4. The van der Waals surface area contributed by atoms with Gasteiger partial charge in [-0.1, -0.05) is 31.2 Å². The molecule has 0 saturated carbocycles. The molecule has 6 nitrogen and oxygen atoms in total. The van der Waals surface area contributed by atoms with Gasteiger partial charge in [-0.3, -0.25) is 9.59 Å². The van der Waals surface area contributed by atoms with Crippen molar-refractivity contribution in [2.45, 2.75) is 52.3 Å². The number of thioether (sulfide) groups is 1. The zero-order valence-corrected chi connectivity index (χ0v) is 24.5. The molecule has 3 aromatic carbocycles. The molecule has 39 heavy (non-hydrogen) atoms. The number of aryl methyl sites for hydroxylation is 2. The highest BCUT2D eigenvalue weighted by atomic mass is 32.2. The topological polar surface area (TPSA) is 53.1 Å². The summed E-state index contributed by atoms with van der Waals surface area (Å²) in [4.78, 5) is 32.4. The lowest BCUT2D eigenvalue weighted by atomic mass is 10.0. The van der Waals surface area contributed by atoms with Gasteiger partial charge in [-0.05, 0) is 79.5 Å². The third-order valence-electron chi connectivity index (χ3n) is 8.17. The van der Waals surface area contributed by atoms with E-state index in [-0.39, 0.29) is 23.9 Å². The molecule has 2 atom stereocenters. The molecule has 2 aliphatic heterocycles. The van der Waals surface area contributed by atoms with Gasteiger partial charge in [0.05, 0.1) is 23.0 Å². The molecule has 0 radical (unpaired) electrons. The van der Waals surface area contributed by atoms with Gasteiger partial charge in [-0.2, -0.15) is 11.8 Å². The van der Waals surface area contributed by atoms with Crippen LogP contribution in [0.2, 0.25) is 0 Å². The average Bonchev–Trinajstić information content (AvgIpc) is 3.31. The van der Waals surface area contributed by atoms with Gasteiger partial charge in [0.15, 0.2) is 0 Å². The number of hydrogen-bond donors (Lipinski definition) is 0. The van der Waals surface area contributed by atoms with Gasteiger partial charge >= 0.3 is 0 Å². The number of carbonyl (C=O) groups is 2. The second-order valence-electron chi connectivity index (χ2n) is 10.6. The summed E-state index contributed by atoms with van der Waals surface area (Å²) in [5, 5.41) is 0. The van der Waals surface area contributed by atoms with E-state index < -0.39 is 0 Å². The molecule has 3 aromatic rings. The number of rotatable bonds is 7. The summed E-state index contributed by atoms with van der Waals surface area (Å²) in [5.74, 6) is 1.33. The molecule has 7 heteroatoms. The van der Waals surface area contributed by atoms with Crippen molar-refractivity contribution < 1.29 is 14.3 Å².